The predicted octanol–water partition coefficient (Wildman–Crippen LogP) is 4.61. The molecule has 4 heteroatoms. The molecule has 0 aliphatic rings. The molecule has 0 spiro atoms. The molecule has 0 heterocycles. The highest BCUT2D eigenvalue weighted by Gasteiger charge is 2.13. The summed E-state index contributed by atoms with van der Waals surface area (Å²) in [6.07, 6.45) is 0.903. The lowest BCUT2D eigenvalue weighted by Gasteiger charge is -2.18. The standard InChI is InChI=1S/C16H17BrClNO/c1-19-16(14-8-5-12(18)10-15(14)17)9-11-3-6-13(20-2)7-4-11/h3-8,10,16,19H,9H2,1-2H3. The zero-order chi connectivity index (χ0) is 14.5. The van der Waals surface area contributed by atoms with Crippen molar-refractivity contribution in [3.8, 4) is 5.75 Å². The summed E-state index contributed by atoms with van der Waals surface area (Å²) >= 11 is 9.57. The Morgan fingerprint density at radius 1 is 1.20 bits per heavy atom. The molecular formula is C16H17BrClNO. The van der Waals surface area contributed by atoms with Crippen LogP contribution in [0.2, 0.25) is 5.02 Å². The third kappa shape index (κ3) is 3.75. The summed E-state index contributed by atoms with van der Waals surface area (Å²) in [4.78, 5) is 0. The van der Waals surface area contributed by atoms with Gasteiger partial charge in [-0.05, 0) is 48.9 Å². The van der Waals surface area contributed by atoms with Crippen molar-refractivity contribution in [3.63, 3.8) is 0 Å². The van der Waals surface area contributed by atoms with Gasteiger partial charge in [0.2, 0.25) is 0 Å². The Labute approximate surface area is 133 Å². The number of methoxy groups -OCH3 is 1. The Bertz CT molecular complexity index is 571. The van der Waals surface area contributed by atoms with Crippen molar-refractivity contribution < 1.29 is 4.74 Å². The molecule has 0 fully saturated rings. The summed E-state index contributed by atoms with van der Waals surface area (Å²) in [6, 6.07) is 14.3. The average Bonchev–Trinajstić information content (AvgIpc) is 2.46. The summed E-state index contributed by atoms with van der Waals surface area (Å²) < 4.78 is 6.21. The lowest BCUT2D eigenvalue weighted by atomic mass is 9.99. The van der Waals surface area contributed by atoms with Crippen molar-refractivity contribution in [2.45, 2.75) is 12.5 Å². The van der Waals surface area contributed by atoms with Crippen molar-refractivity contribution in [2.75, 3.05) is 14.2 Å². The molecule has 0 radical (unpaired) electrons. The first-order valence-electron chi connectivity index (χ1n) is 6.39. The van der Waals surface area contributed by atoms with E-state index < -0.39 is 0 Å². The number of hydrogen-bond acceptors (Lipinski definition) is 2. The second-order valence-electron chi connectivity index (χ2n) is 4.56. The monoisotopic (exact) mass is 353 g/mol. The van der Waals surface area contributed by atoms with Crippen molar-refractivity contribution in [1.82, 2.24) is 5.32 Å². The molecule has 0 bridgehead atoms. The zero-order valence-corrected chi connectivity index (χ0v) is 13.8. The number of nitrogens with one attached hydrogen (secondary N) is 1. The van der Waals surface area contributed by atoms with Gasteiger partial charge in [0, 0.05) is 15.5 Å². The van der Waals surface area contributed by atoms with Crippen molar-refractivity contribution in [2.24, 2.45) is 0 Å². The van der Waals surface area contributed by atoms with E-state index in [1.54, 1.807) is 7.11 Å². The highest BCUT2D eigenvalue weighted by molar-refractivity contribution is 9.10. The van der Waals surface area contributed by atoms with Crippen molar-refractivity contribution in [3.05, 3.63) is 63.1 Å². The number of halogens is 2. The zero-order valence-electron chi connectivity index (χ0n) is 11.5. The van der Waals surface area contributed by atoms with E-state index in [1.165, 1.54) is 11.1 Å². The van der Waals surface area contributed by atoms with Crippen LogP contribution in [0.5, 0.6) is 5.75 Å². The van der Waals surface area contributed by atoms with Crippen LogP contribution in [0.1, 0.15) is 17.2 Å². The molecule has 2 aromatic carbocycles. The van der Waals surface area contributed by atoms with E-state index in [1.807, 2.05) is 31.3 Å². The van der Waals surface area contributed by atoms with Crippen LogP contribution >= 0.6 is 27.5 Å². The molecule has 2 aromatic rings. The molecule has 2 rings (SSSR count). The first-order chi connectivity index (χ1) is 9.63. The summed E-state index contributed by atoms with van der Waals surface area (Å²) in [6.45, 7) is 0. The molecule has 0 aliphatic carbocycles. The third-order valence-corrected chi connectivity index (χ3v) is 4.21. The largest absolute Gasteiger partial charge is 0.497 e. The summed E-state index contributed by atoms with van der Waals surface area (Å²) in [7, 11) is 3.64. The van der Waals surface area contributed by atoms with Gasteiger partial charge in [0.05, 0.1) is 7.11 Å². The minimum absolute atomic E-state index is 0.232. The van der Waals surface area contributed by atoms with E-state index >= 15 is 0 Å². The quantitative estimate of drug-likeness (QED) is 0.846. The van der Waals surface area contributed by atoms with E-state index in [0.717, 1.165) is 21.7 Å². The van der Waals surface area contributed by atoms with Crippen LogP contribution in [0.15, 0.2) is 46.9 Å². The Morgan fingerprint density at radius 2 is 1.90 bits per heavy atom. The van der Waals surface area contributed by atoms with Gasteiger partial charge in [-0.3, -0.25) is 0 Å². The van der Waals surface area contributed by atoms with Crippen LogP contribution in [0.3, 0.4) is 0 Å². The van der Waals surface area contributed by atoms with Gasteiger partial charge in [-0.2, -0.15) is 0 Å². The van der Waals surface area contributed by atoms with Gasteiger partial charge in [-0.15, -0.1) is 0 Å². The lowest BCUT2D eigenvalue weighted by molar-refractivity contribution is 0.414. The normalized spacial score (nSPS) is 12.2. The van der Waals surface area contributed by atoms with Crippen LogP contribution in [0, 0.1) is 0 Å². The van der Waals surface area contributed by atoms with E-state index in [0.29, 0.717) is 0 Å². The summed E-state index contributed by atoms with van der Waals surface area (Å²) in [5.41, 5.74) is 2.46. The molecule has 1 N–H and O–H groups in total. The number of benzene rings is 2. The third-order valence-electron chi connectivity index (χ3n) is 3.29. The first-order valence-corrected chi connectivity index (χ1v) is 7.56. The van der Waals surface area contributed by atoms with Crippen molar-refractivity contribution >= 4 is 27.5 Å². The fourth-order valence-electron chi connectivity index (χ4n) is 2.15. The highest BCUT2D eigenvalue weighted by atomic mass is 79.9. The Kier molecular flexibility index (Phi) is 5.46. The van der Waals surface area contributed by atoms with E-state index in [4.69, 9.17) is 16.3 Å². The topological polar surface area (TPSA) is 21.3 Å². The van der Waals surface area contributed by atoms with Crippen LogP contribution in [-0.2, 0) is 6.42 Å². The molecule has 0 saturated carbocycles. The molecule has 106 valence electrons. The van der Waals surface area contributed by atoms with Gasteiger partial charge < -0.3 is 10.1 Å². The highest BCUT2D eigenvalue weighted by Crippen LogP contribution is 2.29. The molecule has 1 atom stereocenters. The summed E-state index contributed by atoms with van der Waals surface area (Å²) in [5, 5.41) is 4.09. The smallest absolute Gasteiger partial charge is 0.118 e. The van der Waals surface area contributed by atoms with Crippen LogP contribution in [0.4, 0.5) is 0 Å². The predicted molar refractivity (Wildman–Crippen MR) is 87.7 cm³/mol. The first kappa shape index (κ1) is 15.4. The van der Waals surface area contributed by atoms with Crippen LogP contribution in [-0.4, -0.2) is 14.2 Å². The molecular weight excluding hydrogens is 338 g/mol. The van der Waals surface area contributed by atoms with Gasteiger partial charge in [-0.1, -0.05) is 45.7 Å². The fourth-order valence-corrected chi connectivity index (χ4v) is 3.11. The Balaban J connectivity index is 2.19. The van der Waals surface area contributed by atoms with Gasteiger partial charge in [0.25, 0.3) is 0 Å². The van der Waals surface area contributed by atoms with Crippen molar-refractivity contribution in [1.29, 1.82) is 0 Å². The number of likely N-dealkylation sites (N-methyl/N-ethyl adjacent to an activating group) is 1. The second kappa shape index (κ2) is 7.11. The number of ether oxygens (including phenoxy) is 1. The van der Waals surface area contributed by atoms with Gasteiger partial charge in [0.1, 0.15) is 5.75 Å². The minimum atomic E-state index is 0.232. The molecule has 20 heavy (non-hydrogen) atoms. The molecule has 1 unspecified atom stereocenters. The van der Waals surface area contributed by atoms with E-state index in [2.05, 4.69) is 39.4 Å². The van der Waals surface area contributed by atoms with Crippen LogP contribution < -0.4 is 10.1 Å². The van der Waals surface area contributed by atoms with Gasteiger partial charge >= 0.3 is 0 Å². The van der Waals surface area contributed by atoms with Gasteiger partial charge in [-0.25, -0.2) is 0 Å². The molecule has 2 nitrogen and oxygen atoms in total. The average molecular weight is 355 g/mol. The maximum absolute atomic E-state index is 5.99. The molecule has 0 saturated heterocycles. The second-order valence-corrected chi connectivity index (χ2v) is 5.85. The SMILES string of the molecule is CNC(Cc1ccc(OC)cc1)c1ccc(Cl)cc1Br. The van der Waals surface area contributed by atoms with Crippen LogP contribution in [0.25, 0.3) is 0 Å². The Morgan fingerprint density at radius 3 is 2.45 bits per heavy atom. The maximum Gasteiger partial charge on any atom is 0.118 e. The van der Waals surface area contributed by atoms with Gasteiger partial charge in [0.15, 0.2) is 0 Å². The molecule has 0 aliphatic heterocycles. The minimum Gasteiger partial charge on any atom is -0.497 e. The van der Waals surface area contributed by atoms with E-state index in [9.17, 15) is 0 Å². The maximum atomic E-state index is 5.99. The number of rotatable bonds is 5. The fraction of sp³-hybridized carbons (Fsp3) is 0.250. The molecule has 0 amide bonds. The number of hydrogen-bond donors (Lipinski definition) is 1. The summed E-state index contributed by atoms with van der Waals surface area (Å²) in [5.74, 6) is 0.877. The Hall–Kier alpha value is -1.03. The lowest BCUT2D eigenvalue weighted by Crippen LogP contribution is -2.19. The molecule has 0 aromatic heterocycles. The van der Waals surface area contributed by atoms with E-state index in [-0.39, 0.29) is 6.04 Å².